The molecule has 0 saturated carbocycles. The number of aromatic nitrogens is 1. The van der Waals surface area contributed by atoms with Crippen LogP contribution in [0.25, 0.3) is 0 Å². The number of pyridine rings is 1. The summed E-state index contributed by atoms with van der Waals surface area (Å²) >= 11 is 0. The van der Waals surface area contributed by atoms with Crippen molar-refractivity contribution in [2.75, 3.05) is 13.2 Å². The van der Waals surface area contributed by atoms with E-state index in [2.05, 4.69) is 10.3 Å². The molecule has 3 rings (SSSR count). The molecule has 192 valence electrons. The van der Waals surface area contributed by atoms with E-state index in [1.54, 1.807) is 24.3 Å². The summed E-state index contributed by atoms with van der Waals surface area (Å²) in [5.74, 6) is -0.363. The summed E-state index contributed by atoms with van der Waals surface area (Å²) in [6.07, 6.45) is 3.23. The van der Waals surface area contributed by atoms with Crippen molar-refractivity contribution in [3.05, 3.63) is 58.3 Å². The Balaban J connectivity index is 1.70. The number of ether oxygens (including phenoxy) is 2. The molecule has 1 fully saturated rings. The van der Waals surface area contributed by atoms with Gasteiger partial charge in [0.25, 0.3) is 5.69 Å². The van der Waals surface area contributed by atoms with Gasteiger partial charge in [-0.3, -0.25) is 19.7 Å². The molecule has 1 saturated heterocycles. The maximum atomic E-state index is 13.3. The first-order valence-corrected chi connectivity index (χ1v) is 11.7. The fourth-order valence-electron chi connectivity index (χ4n) is 3.81. The standard InChI is InChI=1S/C24H29N5O7/c1-2-3-13-35-24(32)27-19(23(31)28-12-4-5-20(28)22(25)30)14-16-6-9-18(10-7-16)36-21-11-8-17(15-26-21)29(33)34/h6-11,15,19-20H,2-5,12-14H2,1H3,(H2,25,30)(H,27,32)/t19-,20-/m0/s1. The monoisotopic (exact) mass is 499 g/mol. The van der Waals surface area contributed by atoms with E-state index in [0.29, 0.717) is 31.6 Å². The Kier molecular flexibility index (Phi) is 9.14. The first-order valence-electron chi connectivity index (χ1n) is 11.7. The minimum Gasteiger partial charge on any atom is -0.450 e. The third-order valence-electron chi connectivity index (χ3n) is 5.70. The highest BCUT2D eigenvalue weighted by molar-refractivity contribution is 5.91. The number of rotatable bonds is 11. The molecule has 2 aromatic rings. The molecule has 1 aromatic heterocycles. The largest absolute Gasteiger partial charge is 0.450 e. The minimum atomic E-state index is -0.956. The Morgan fingerprint density at radius 1 is 1.25 bits per heavy atom. The van der Waals surface area contributed by atoms with E-state index in [9.17, 15) is 24.5 Å². The molecule has 0 aliphatic carbocycles. The Hall–Kier alpha value is -4.22. The van der Waals surface area contributed by atoms with Gasteiger partial charge in [0.1, 0.15) is 24.0 Å². The number of carbonyl (C=O) groups excluding carboxylic acids is 3. The molecule has 12 heteroatoms. The molecule has 2 heterocycles. The zero-order valence-corrected chi connectivity index (χ0v) is 19.9. The second-order valence-corrected chi connectivity index (χ2v) is 8.34. The average molecular weight is 500 g/mol. The number of unbranched alkanes of at least 4 members (excludes halogenated alkanes) is 1. The van der Waals surface area contributed by atoms with Gasteiger partial charge in [0.15, 0.2) is 0 Å². The Morgan fingerprint density at radius 3 is 2.61 bits per heavy atom. The van der Waals surface area contributed by atoms with Gasteiger partial charge in [0.2, 0.25) is 17.7 Å². The van der Waals surface area contributed by atoms with Crippen molar-refractivity contribution < 1.29 is 28.8 Å². The highest BCUT2D eigenvalue weighted by Crippen LogP contribution is 2.23. The molecule has 0 spiro atoms. The number of nitro groups is 1. The van der Waals surface area contributed by atoms with Crippen molar-refractivity contribution in [2.45, 2.75) is 51.1 Å². The van der Waals surface area contributed by atoms with Crippen LogP contribution in [0, 0.1) is 10.1 Å². The van der Waals surface area contributed by atoms with Crippen LogP contribution in [0.5, 0.6) is 11.6 Å². The number of benzene rings is 1. The van der Waals surface area contributed by atoms with Crippen molar-refractivity contribution in [1.82, 2.24) is 15.2 Å². The van der Waals surface area contributed by atoms with E-state index >= 15 is 0 Å². The molecule has 1 aromatic carbocycles. The van der Waals surface area contributed by atoms with E-state index in [4.69, 9.17) is 15.2 Å². The highest BCUT2D eigenvalue weighted by atomic mass is 16.6. The Bertz CT molecular complexity index is 1080. The number of nitrogens with two attached hydrogens (primary N) is 1. The maximum Gasteiger partial charge on any atom is 0.407 e. The molecule has 1 aliphatic heterocycles. The molecule has 1 aliphatic rings. The molecule has 2 atom stereocenters. The summed E-state index contributed by atoms with van der Waals surface area (Å²) in [6, 6.07) is 7.77. The van der Waals surface area contributed by atoms with Crippen molar-refractivity contribution in [3.8, 4) is 11.6 Å². The summed E-state index contributed by atoms with van der Waals surface area (Å²) in [5, 5.41) is 13.4. The van der Waals surface area contributed by atoms with E-state index in [-0.39, 0.29) is 24.6 Å². The van der Waals surface area contributed by atoms with Crippen molar-refractivity contribution in [2.24, 2.45) is 5.73 Å². The van der Waals surface area contributed by atoms with E-state index < -0.39 is 34.9 Å². The van der Waals surface area contributed by atoms with Crippen LogP contribution in [0.2, 0.25) is 0 Å². The smallest absolute Gasteiger partial charge is 0.407 e. The van der Waals surface area contributed by atoms with Crippen molar-refractivity contribution in [3.63, 3.8) is 0 Å². The fraction of sp³-hybridized carbons (Fsp3) is 0.417. The molecule has 0 unspecified atom stereocenters. The lowest BCUT2D eigenvalue weighted by Gasteiger charge is -2.27. The Labute approximate surface area is 207 Å². The van der Waals surface area contributed by atoms with Crippen molar-refractivity contribution in [1.29, 1.82) is 0 Å². The topological polar surface area (TPSA) is 167 Å². The van der Waals surface area contributed by atoms with Crippen LogP contribution in [0.1, 0.15) is 38.2 Å². The second kappa shape index (κ2) is 12.5. The number of likely N-dealkylation sites (tertiary alicyclic amines) is 1. The van der Waals surface area contributed by atoms with Gasteiger partial charge in [-0.05, 0) is 37.0 Å². The van der Waals surface area contributed by atoms with Gasteiger partial charge in [-0.2, -0.15) is 0 Å². The number of primary amides is 1. The summed E-state index contributed by atoms with van der Waals surface area (Å²) in [4.78, 5) is 52.9. The lowest BCUT2D eigenvalue weighted by molar-refractivity contribution is -0.385. The molecular weight excluding hydrogens is 470 g/mol. The third kappa shape index (κ3) is 7.14. The zero-order chi connectivity index (χ0) is 26.1. The average Bonchev–Trinajstić information content (AvgIpc) is 3.35. The van der Waals surface area contributed by atoms with Crippen LogP contribution in [0.4, 0.5) is 10.5 Å². The number of alkyl carbamates (subject to hydrolysis) is 1. The summed E-state index contributed by atoms with van der Waals surface area (Å²) in [5.41, 5.74) is 6.04. The van der Waals surface area contributed by atoms with Gasteiger partial charge >= 0.3 is 6.09 Å². The van der Waals surface area contributed by atoms with Gasteiger partial charge in [-0.25, -0.2) is 9.78 Å². The summed E-state index contributed by atoms with van der Waals surface area (Å²) in [6.45, 7) is 2.58. The van der Waals surface area contributed by atoms with Crippen LogP contribution in [0.3, 0.4) is 0 Å². The van der Waals surface area contributed by atoms with Crippen LogP contribution >= 0.6 is 0 Å². The van der Waals surface area contributed by atoms with Crippen LogP contribution in [-0.4, -0.2) is 58.0 Å². The zero-order valence-electron chi connectivity index (χ0n) is 19.9. The first-order chi connectivity index (χ1) is 17.3. The molecular formula is C24H29N5O7. The molecule has 12 nitrogen and oxygen atoms in total. The molecule has 36 heavy (non-hydrogen) atoms. The first kappa shape index (κ1) is 26.4. The van der Waals surface area contributed by atoms with Gasteiger partial charge in [0.05, 0.1) is 11.5 Å². The summed E-state index contributed by atoms with van der Waals surface area (Å²) in [7, 11) is 0. The lowest BCUT2D eigenvalue weighted by Crippen LogP contribution is -2.53. The number of hydrogen-bond acceptors (Lipinski definition) is 8. The third-order valence-corrected chi connectivity index (χ3v) is 5.70. The Morgan fingerprint density at radius 2 is 2.00 bits per heavy atom. The highest BCUT2D eigenvalue weighted by Gasteiger charge is 2.36. The maximum absolute atomic E-state index is 13.3. The van der Waals surface area contributed by atoms with Crippen LogP contribution in [0.15, 0.2) is 42.6 Å². The van der Waals surface area contributed by atoms with Crippen LogP contribution < -0.4 is 15.8 Å². The van der Waals surface area contributed by atoms with Gasteiger partial charge in [-0.1, -0.05) is 25.5 Å². The molecule has 0 radical (unpaired) electrons. The number of nitrogens with zero attached hydrogens (tertiary/aromatic N) is 3. The molecule has 3 amide bonds. The number of hydrogen-bond donors (Lipinski definition) is 2. The molecule has 3 N–H and O–H groups in total. The predicted molar refractivity (Wildman–Crippen MR) is 128 cm³/mol. The number of amides is 3. The quantitative estimate of drug-likeness (QED) is 0.270. The minimum absolute atomic E-state index is 0.147. The fourth-order valence-corrected chi connectivity index (χ4v) is 3.81. The SMILES string of the molecule is CCCCOC(=O)N[C@@H](Cc1ccc(Oc2ccc([N+](=O)[O-])cn2)cc1)C(=O)N1CCC[C@H]1C(N)=O. The molecule has 0 bridgehead atoms. The van der Waals surface area contributed by atoms with E-state index in [0.717, 1.165) is 18.2 Å². The number of nitrogens with one attached hydrogen (secondary N) is 1. The van der Waals surface area contributed by atoms with E-state index in [1.165, 1.54) is 17.0 Å². The van der Waals surface area contributed by atoms with Gasteiger partial charge in [-0.15, -0.1) is 0 Å². The normalized spacial score (nSPS) is 15.7. The van der Waals surface area contributed by atoms with Crippen molar-refractivity contribution >= 4 is 23.6 Å². The predicted octanol–water partition coefficient (Wildman–Crippen LogP) is 2.70. The summed E-state index contributed by atoms with van der Waals surface area (Å²) < 4.78 is 10.8. The lowest BCUT2D eigenvalue weighted by atomic mass is 10.0. The number of carbonyl (C=O) groups is 3. The van der Waals surface area contributed by atoms with Gasteiger partial charge < -0.3 is 25.4 Å². The second-order valence-electron chi connectivity index (χ2n) is 8.34. The van der Waals surface area contributed by atoms with E-state index in [1.807, 2.05) is 6.92 Å². The van der Waals surface area contributed by atoms with Crippen LogP contribution in [-0.2, 0) is 20.7 Å². The van der Waals surface area contributed by atoms with Gasteiger partial charge in [0, 0.05) is 25.1 Å².